The number of hydrogen-bond acceptors (Lipinski definition) is 5. The first kappa shape index (κ1) is 23.9. The van der Waals surface area contributed by atoms with Crippen molar-refractivity contribution in [2.45, 2.75) is 6.54 Å². The summed E-state index contributed by atoms with van der Waals surface area (Å²) in [6, 6.07) is 25.1. The molecule has 37 heavy (non-hydrogen) atoms. The molecule has 5 rings (SSSR count). The first-order chi connectivity index (χ1) is 18.1. The second-order valence-corrected chi connectivity index (χ2v) is 8.53. The molecule has 5 aromatic rings. The van der Waals surface area contributed by atoms with Crippen LogP contribution >= 0.6 is 0 Å². The normalized spacial score (nSPS) is 10.8. The fourth-order valence-electron chi connectivity index (χ4n) is 4.15. The zero-order chi connectivity index (χ0) is 25.8. The molecule has 0 saturated carbocycles. The number of hydrogen-bond donors (Lipinski definition) is 0. The van der Waals surface area contributed by atoms with E-state index in [1.165, 1.54) is 0 Å². The lowest BCUT2D eigenvalue weighted by molar-refractivity contribution is 0.0779. The molecule has 2 aromatic heterocycles. The molecular formula is C29H27N5O3. The fraction of sp³-hybridized carbons (Fsp3) is 0.138. The first-order valence-electron chi connectivity index (χ1n) is 11.8. The second-order valence-electron chi connectivity index (χ2n) is 8.53. The summed E-state index contributed by atoms with van der Waals surface area (Å²) in [6.45, 7) is 0.384. The molecular weight excluding hydrogens is 466 g/mol. The summed E-state index contributed by atoms with van der Waals surface area (Å²) in [5.74, 6) is 0.988. The molecule has 8 nitrogen and oxygen atoms in total. The zero-order valence-corrected chi connectivity index (χ0v) is 20.9. The van der Waals surface area contributed by atoms with Crippen LogP contribution in [0, 0.1) is 0 Å². The lowest BCUT2D eigenvalue weighted by Crippen LogP contribution is -2.27. The Balaban J connectivity index is 1.48. The van der Waals surface area contributed by atoms with Crippen molar-refractivity contribution in [3.63, 3.8) is 0 Å². The number of amides is 1. The minimum absolute atomic E-state index is 0.202. The first-order valence-corrected chi connectivity index (χ1v) is 11.8. The summed E-state index contributed by atoms with van der Waals surface area (Å²) in [4.78, 5) is 15.4. The van der Waals surface area contributed by atoms with Crippen LogP contribution in [0.1, 0.15) is 16.1 Å². The summed E-state index contributed by atoms with van der Waals surface area (Å²) in [6.07, 6.45) is 5.57. The SMILES string of the molecule is COc1ccc(-c2cn(-c3ccccc3)nc2C(=O)N(C)Cc2cnn(-c3ccccc3)c2)cc1OC. The Morgan fingerprint density at radius 3 is 2.14 bits per heavy atom. The number of carbonyl (C=O) groups excluding carboxylic acids is 1. The van der Waals surface area contributed by atoms with Crippen LogP contribution in [0.5, 0.6) is 11.5 Å². The van der Waals surface area contributed by atoms with Crippen LogP contribution in [0.15, 0.2) is 97.5 Å². The van der Waals surface area contributed by atoms with E-state index in [1.807, 2.05) is 91.3 Å². The Labute approximate surface area is 215 Å². The molecule has 0 aliphatic rings. The number of para-hydroxylation sites is 2. The lowest BCUT2D eigenvalue weighted by Gasteiger charge is -2.16. The van der Waals surface area contributed by atoms with Gasteiger partial charge in [0.1, 0.15) is 0 Å². The van der Waals surface area contributed by atoms with Crippen molar-refractivity contribution in [3.05, 3.63) is 109 Å². The predicted octanol–water partition coefficient (Wildman–Crippen LogP) is 5.01. The lowest BCUT2D eigenvalue weighted by atomic mass is 10.0. The number of carbonyl (C=O) groups is 1. The maximum atomic E-state index is 13.7. The highest BCUT2D eigenvalue weighted by Crippen LogP contribution is 2.34. The molecule has 0 saturated heterocycles. The van der Waals surface area contributed by atoms with Gasteiger partial charge in [-0.2, -0.15) is 10.2 Å². The fourth-order valence-corrected chi connectivity index (χ4v) is 4.15. The Morgan fingerprint density at radius 2 is 1.49 bits per heavy atom. The van der Waals surface area contributed by atoms with Gasteiger partial charge in [-0.15, -0.1) is 0 Å². The Bertz CT molecular complexity index is 1510. The van der Waals surface area contributed by atoms with Crippen LogP contribution in [-0.2, 0) is 6.54 Å². The van der Waals surface area contributed by atoms with E-state index in [2.05, 4.69) is 5.10 Å². The van der Waals surface area contributed by atoms with Gasteiger partial charge >= 0.3 is 0 Å². The molecule has 0 spiro atoms. The zero-order valence-electron chi connectivity index (χ0n) is 20.9. The standard InChI is InChI=1S/C29H27N5O3/c1-32(18-21-17-30-33(19-21)23-10-6-4-7-11-23)29(35)28-25(20-34(31-28)24-12-8-5-9-13-24)22-14-15-26(36-2)27(16-22)37-3/h4-17,19-20H,18H2,1-3H3. The van der Waals surface area contributed by atoms with Crippen molar-refractivity contribution in [1.29, 1.82) is 0 Å². The van der Waals surface area contributed by atoms with Gasteiger partial charge in [-0.3, -0.25) is 4.79 Å². The van der Waals surface area contributed by atoms with Crippen LogP contribution in [0.2, 0.25) is 0 Å². The van der Waals surface area contributed by atoms with Crippen molar-refractivity contribution in [2.75, 3.05) is 21.3 Å². The van der Waals surface area contributed by atoms with Gasteiger partial charge in [0.15, 0.2) is 17.2 Å². The van der Waals surface area contributed by atoms with Crippen molar-refractivity contribution < 1.29 is 14.3 Å². The van der Waals surface area contributed by atoms with E-state index in [9.17, 15) is 4.79 Å². The van der Waals surface area contributed by atoms with Crippen LogP contribution in [-0.4, -0.2) is 51.6 Å². The van der Waals surface area contributed by atoms with Crippen LogP contribution in [0.4, 0.5) is 0 Å². The molecule has 0 fully saturated rings. The number of benzene rings is 3. The number of aromatic nitrogens is 4. The Kier molecular flexibility index (Phi) is 6.72. The van der Waals surface area contributed by atoms with E-state index >= 15 is 0 Å². The molecule has 3 aromatic carbocycles. The van der Waals surface area contributed by atoms with Crippen LogP contribution in [0.25, 0.3) is 22.5 Å². The van der Waals surface area contributed by atoms with Crippen molar-refractivity contribution >= 4 is 5.91 Å². The molecule has 186 valence electrons. The minimum atomic E-state index is -0.202. The van der Waals surface area contributed by atoms with Gasteiger partial charge in [-0.05, 0) is 42.0 Å². The Morgan fingerprint density at radius 1 is 0.838 bits per heavy atom. The second kappa shape index (κ2) is 10.4. The van der Waals surface area contributed by atoms with Crippen molar-refractivity contribution in [1.82, 2.24) is 24.5 Å². The monoisotopic (exact) mass is 493 g/mol. The smallest absolute Gasteiger partial charge is 0.275 e. The minimum Gasteiger partial charge on any atom is -0.493 e. The Hall–Kier alpha value is -4.85. The van der Waals surface area contributed by atoms with Crippen LogP contribution < -0.4 is 9.47 Å². The highest BCUT2D eigenvalue weighted by Gasteiger charge is 2.23. The number of methoxy groups -OCH3 is 2. The molecule has 8 heteroatoms. The third-order valence-corrected chi connectivity index (χ3v) is 6.06. The molecule has 0 unspecified atom stereocenters. The molecule has 1 amide bonds. The van der Waals surface area contributed by atoms with Gasteiger partial charge in [0.05, 0.1) is 31.8 Å². The number of rotatable bonds is 8. The van der Waals surface area contributed by atoms with E-state index in [4.69, 9.17) is 14.6 Å². The van der Waals surface area contributed by atoms with Gasteiger partial charge in [0.2, 0.25) is 0 Å². The molecule has 2 heterocycles. The van der Waals surface area contributed by atoms with Gasteiger partial charge < -0.3 is 14.4 Å². The average Bonchev–Trinajstić information content (AvgIpc) is 3.61. The van der Waals surface area contributed by atoms with Crippen molar-refractivity contribution in [2.24, 2.45) is 0 Å². The van der Waals surface area contributed by atoms with E-state index in [0.29, 0.717) is 29.3 Å². The topological polar surface area (TPSA) is 74.4 Å². The number of nitrogens with zero attached hydrogens (tertiary/aromatic N) is 5. The predicted molar refractivity (Wildman–Crippen MR) is 141 cm³/mol. The van der Waals surface area contributed by atoms with Gasteiger partial charge in [0, 0.05) is 37.1 Å². The largest absolute Gasteiger partial charge is 0.493 e. The molecule has 0 bridgehead atoms. The molecule has 0 radical (unpaired) electrons. The average molecular weight is 494 g/mol. The number of ether oxygens (including phenoxy) is 2. The van der Waals surface area contributed by atoms with E-state index in [-0.39, 0.29) is 5.91 Å². The van der Waals surface area contributed by atoms with E-state index < -0.39 is 0 Å². The highest BCUT2D eigenvalue weighted by molar-refractivity contribution is 5.99. The summed E-state index contributed by atoms with van der Waals surface area (Å²) in [5, 5.41) is 9.15. The van der Waals surface area contributed by atoms with Gasteiger partial charge in [-0.25, -0.2) is 9.36 Å². The van der Waals surface area contributed by atoms with Gasteiger partial charge in [0.25, 0.3) is 5.91 Å². The molecule has 0 aliphatic heterocycles. The van der Waals surface area contributed by atoms with E-state index in [0.717, 1.165) is 22.5 Å². The third kappa shape index (κ3) is 4.95. The third-order valence-electron chi connectivity index (χ3n) is 6.06. The van der Waals surface area contributed by atoms with Crippen LogP contribution in [0.3, 0.4) is 0 Å². The highest BCUT2D eigenvalue weighted by atomic mass is 16.5. The summed E-state index contributed by atoms with van der Waals surface area (Å²) in [5.41, 5.74) is 4.56. The van der Waals surface area contributed by atoms with Crippen molar-refractivity contribution in [3.8, 4) is 34.0 Å². The summed E-state index contributed by atoms with van der Waals surface area (Å²) in [7, 11) is 4.95. The molecule has 0 N–H and O–H groups in total. The maximum Gasteiger partial charge on any atom is 0.275 e. The van der Waals surface area contributed by atoms with E-state index in [1.54, 1.807) is 41.7 Å². The van der Waals surface area contributed by atoms with Gasteiger partial charge in [-0.1, -0.05) is 42.5 Å². The maximum absolute atomic E-state index is 13.7. The molecule has 0 atom stereocenters. The molecule has 0 aliphatic carbocycles. The summed E-state index contributed by atoms with van der Waals surface area (Å²) < 4.78 is 14.4. The summed E-state index contributed by atoms with van der Waals surface area (Å²) >= 11 is 0. The quantitative estimate of drug-likeness (QED) is 0.304.